The zero-order valence-corrected chi connectivity index (χ0v) is 20.2. The highest BCUT2D eigenvalue weighted by molar-refractivity contribution is 7.80. The minimum absolute atomic E-state index is 0.00843. The molecule has 1 fully saturated rings. The summed E-state index contributed by atoms with van der Waals surface area (Å²) in [5.74, 6) is -1.19. The molecule has 0 atom stereocenters. The van der Waals surface area contributed by atoms with Gasteiger partial charge in [0.15, 0.2) is 11.7 Å². The Hall–Kier alpha value is -4.01. The van der Waals surface area contributed by atoms with E-state index >= 15 is 0 Å². The van der Waals surface area contributed by atoms with Gasteiger partial charge in [-0.3, -0.25) is 24.6 Å². The molecular formula is C26H20ClN3O4S. The number of nitrogens with zero attached hydrogens (tertiary/aromatic N) is 1. The van der Waals surface area contributed by atoms with E-state index in [9.17, 15) is 14.4 Å². The SMILES string of the molecule is Cc1ccccc1NC(=O)COc1ccc(/C=C2/C(=O)NC(=S)N(c3ccccc3)C2=O)cc1Cl. The summed E-state index contributed by atoms with van der Waals surface area (Å²) < 4.78 is 5.55. The molecule has 3 amide bonds. The smallest absolute Gasteiger partial charge is 0.270 e. The van der Waals surface area contributed by atoms with Crippen LogP contribution in [0.3, 0.4) is 0 Å². The minimum atomic E-state index is -0.600. The lowest BCUT2D eigenvalue weighted by Gasteiger charge is -2.28. The van der Waals surface area contributed by atoms with Gasteiger partial charge in [-0.05, 0) is 66.7 Å². The highest BCUT2D eigenvalue weighted by Crippen LogP contribution is 2.28. The van der Waals surface area contributed by atoms with E-state index in [-0.39, 0.29) is 28.2 Å². The van der Waals surface area contributed by atoms with E-state index in [0.717, 1.165) is 5.56 Å². The molecule has 0 saturated carbocycles. The van der Waals surface area contributed by atoms with Gasteiger partial charge in [-0.25, -0.2) is 0 Å². The molecule has 0 aromatic heterocycles. The number of halogens is 1. The van der Waals surface area contributed by atoms with Gasteiger partial charge in [-0.15, -0.1) is 0 Å². The van der Waals surface area contributed by atoms with Crippen LogP contribution in [0.15, 0.2) is 78.4 Å². The fourth-order valence-electron chi connectivity index (χ4n) is 3.40. The summed E-state index contributed by atoms with van der Waals surface area (Å²) in [6.45, 7) is 1.66. The molecule has 2 N–H and O–H groups in total. The summed E-state index contributed by atoms with van der Waals surface area (Å²) in [4.78, 5) is 39.0. The molecule has 0 aliphatic carbocycles. The van der Waals surface area contributed by atoms with Crippen LogP contribution in [0.1, 0.15) is 11.1 Å². The average molecular weight is 506 g/mol. The van der Waals surface area contributed by atoms with E-state index in [1.54, 1.807) is 48.5 Å². The van der Waals surface area contributed by atoms with Crippen LogP contribution in [0.4, 0.5) is 11.4 Å². The second-order valence-corrected chi connectivity index (χ2v) is 8.43. The molecule has 9 heteroatoms. The third-order valence-corrected chi connectivity index (χ3v) is 5.74. The van der Waals surface area contributed by atoms with E-state index in [1.807, 2.05) is 31.2 Å². The number of para-hydroxylation sites is 2. The van der Waals surface area contributed by atoms with Crippen molar-refractivity contribution >= 4 is 64.1 Å². The molecule has 0 bridgehead atoms. The van der Waals surface area contributed by atoms with Crippen molar-refractivity contribution in [3.8, 4) is 5.75 Å². The molecule has 1 aliphatic heterocycles. The van der Waals surface area contributed by atoms with Crippen LogP contribution in [0.2, 0.25) is 5.02 Å². The third kappa shape index (κ3) is 5.56. The van der Waals surface area contributed by atoms with Crippen molar-refractivity contribution in [3.05, 3.63) is 94.5 Å². The van der Waals surface area contributed by atoms with Gasteiger partial charge >= 0.3 is 0 Å². The zero-order chi connectivity index (χ0) is 24.9. The summed E-state index contributed by atoms with van der Waals surface area (Å²) in [6, 6.07) is 21.0. The Kier molecular flexibility index (Phi) is 7.24. The second kappa shape index (κ2) is 10.5. The molecule has 1 saturated heterocycles. The number of nitrogens with one attached hydrogen (secondary N) is 2. The highest BCUT2D eigenvalue weighted by Gasteiger charge is 2.34. The first-order valence-corrected chi connectivity index (χ1v) is 11.4. The number of carbonyl (C=O) groups excluding carboxylic acids is 3. The molecule has 1 heterocycles. The lowest BCUT2D eigenvalue weighted by molar-refractivity contribution is -0.122. The van der Waals surface area contributed by atoms with E-state index in [4.69, 9.17) is 28.6 Å². The Morgan fingerprint density at radius 2 is 1.80 bits per heavy atom. The molecule has 0 radical (unpaired) electrons. The van der Waals surface area contributed by atoms with Crippen LogP contribution in [-0.2, 0) is 14.4 Å². The molecule has 176 valence electrons. The van der Waals surface area contributed by atoms with Crippen molar-refractivity contribution in [1.29, 1.82) is 0 Å². The van der Waals surface area contributed by atoms with Crippen LogP contribution < -0.4 is 20.3 Å². The van der Waals surface area contributed by atoms with Crippen LogP contribution in [0, 0.1) is 6.92 Å². The monoisotopic (exact) mass is 505 g/mol. The topological polar surface area (TPSA) is 87.7 Å². The van der Waals surface area contributed by atoms with Gasteiger partial charge in [0, 0.05) is 5.69 Å². The Balaban J connectivity index is 1.47. The summed E-state index contributed by atoms with van der Waals surface area (Å²) in [5, 5.41) is 5.55. The van der Waals surface area contributed by atoms with Crippen molar-refractivity contribution in [2.45, 2.75) is 6.92 Å². The maximum Gasteiger partial charge on any atom is 0.270 e. The highest BCUT2D eigenvalue weighted by atomic mass is 35.5. The van der Waals surface area contributed by atoms with Gasteiger partial charge in [-0.1, -0.05) is 54.1 Å². The minimum Gasteiger partial charge on any atom is -0.482 e. The molecule has 7 nitrogen and oxygen atoms in total. The fraction of sp³-hybridized carbons (Fsp3) is 0.0769. The Morgan fingerprint density at radius 3 is 2.51 bits per heavy atom. The molecule has 3 aromatic carbocycles. The zero-order valence-electron chi connectivity index (χ0n) is 18.6. The summed E-state index contributed by atoms with van der Waals surface area (Å²) in [6.07, 6.45) is 1.43. The van der Waals surface area contributed by atoms with Gasteiger partial charge < -0.3 is 10.1 Å². The molecule has 1 aliphatic rings. The molecule has 4 rings (SSSR count). The first-order chi connectivity index (χ1) is 16.8. The maximum absolute atomic E-state index is 13.1. The summed E-state index contributed by atoms with van der Waals surface area (Å²) >= 11 is 11.5. The van der Waals surface area contributed by atoms with Crippen molar-refractivity contribution in [1.82, 2.24) is 5.32 Å². The number of anilines is 2. The van der Waals surface area contributed by atoms with Gasteiger partial charge in [0.1, 0.15) is 11.3 Å². The number of benzene rings is 3. The molecular weight excluding hydrogens is 486 g/mol. The number of amides is 3. The van der Waals surface area contributed by atoms with E-state index in [1.165, 1.54) is 11.0 Å². The Morgan fingerprint density at radius 1 is 1.09 bits per heavy atom. The Bertz CT molecular complexity index is 1360. The quantitative estimate of drug-likeness (QED) is 0.292. The van der Waals surface area contributed by atoms with E-state index < -0.39 is 11.8 Å². The predicted molar refractivity (Wildman–Crippen MR) is 139 cm³/mol. The van der Waals surface area contributed by atoms with Gasteiger partial charge in [0.05, 0.1) is 10.7 Å². The molecule has 0 unspecified atom stereocenters. The van der Waals surface area contributed by atoms with Crippen molar-refractivity contribution in [3.63, 3.8) is 0 Å². The number of ether oxygens (including phenoxy) is 1. The summed E-state index contributed by atoms with van der Waals surface area (Å²) in [5.41, 5.74) is 2.59. The van der Waals surface area contributed by atoms with Gasteiger partial charge in [-0.2, -0.15) is 0 Å². The lowest BCUT2D eigenvalue weighted by atomic mass is 10.1. The number of aryl methyl sites for hydroxylation is 1. The number of hydrogen-bond donors (Lipinski definition) is 2. The van der Waals surface area contributed by atoms with Gasteiger partial charge in [0.25, 0.3) is 17.7 Å². The van der Waals surface area contributed by atoms with Crippen LogP contribution in [0.5, 0.6) is 5.75 Å². The van der Waals surface area contributed by atoms with Crippen LogP contribution >= 0.6 is 23.8 Å². The summed E-state index contributed by atoms with van der Waals surface area (Å²) in [7, 11) is 0. The standard InChI is InChI=1S/C26H20ClN3O4S/c1-16-7-5-6-10-21(16)28-23(31)15-34-22-12-11-17(14-20(22)27)13-19-24(32)29-26(35)30(25(19)33)18-8-3-2-4-9-18/h2-14H,15H2,1H3,(H,28,31)(H,29,32,35)/b19-13-. The molecule has 35 heavy (non-hydrogen) atoms. The van der Waals surface area contributed by atoms with Crippen molar-refractivity contribution in [2.75, 3.05) is 16.8 Å². The first-order valence-electron chi connectivity index (χ1n) is 10.6. The number of carbonyl (C=O) groups is 3. The maximum atomic E-state index is 13.1. The lowest BCUT2D eigenvalue weighted by Crippen LogP contribution is -2.54. The van der Waals surface area contributed by atoms with E-state index in [2.05, 4.69) is 10.6 Å². The third-order valence-electron chi connectivity index (χ3n) is 5.16. The number of hydrogen-bond acceptors (Lipinski definition) is 5. The number of thiocarbonyl (C=S) groups is 1. The first kappa shape index (κ1) is 24.1. The second-order valence-electron chi connectivity index (χ2n) is 7.64. The van der Waals surface area contributed by atoms with Crippen LogP contribution in [-0.4, -0.2) is 29.4 Å². The largest absolute Gasteiger partial charge is 0.482 e. The predicted octanol–water partition coefficient (Wildman–Crippen LogP) is 4.50. The Labute approximate surface area is 212 Å². The average Bonchev–Trinajstić information content (AvgIpc) is 2.83. The fourth-order valence-corrected chi connectivity index (χ4v) is 3.93. The normalized spacial score (nSPS) is 14.6. The molecule has 3 aromatic rings. The van der Waals surface area contributed by atoms with Crippen molar-refractivity contribution in [2.24, 2.45) is 0 Å². The van der Waals surface area contributed by atoms with Crippen LogP contribution in [0.25, 0.3) is 6.08 Å². The number of rotatable bonds is 6. The molecule has 0 spiro atoms. The van der Waals surface area contributed by atoms with E-state index in [0.29, 0.717) is 22.7 Å². The van der Waals surface area contributed by atoms with Gasteiger partial charge in [0.2, 0.25) is 0 Å². The van der Waals surface area contributed by atoms with Crippen molar-refractivity contribution < 1.29 is 19.1 Å².